The van der Waals surface area contributed by atoms with Gasteiger partial charge in [-0.2, -0.15) is 0 Å². The number of hydrogen-bond acceptors (Lipinski definition) is 5. The fourth-order valence-electron chi connectivity index (χ4n) is 2.94. The van der Waals surface area contributed by atoms with Gasteiger partial charge in [-0.05, 0) is 36.2 Å². The van der Waals surface area contributed by atoms with Crippen molar-refractivity contribution >= 4 is 27.3 Å². The van der Waals surface area contributed by atoms with Crippen LogP contribution in [0.3, 0.4) is 0 Å². The number of methoxy groups -OCH3 is 2. The Bertz CT molecular complexity index is 956. The van der Waals surface area contributed by atoms with Crippen LogP contribution in [0.15, 0.2) is 36.4 Å². The molecule has 1 amide bonds. The Morgan fingerprint density at radius 1 is 1.12 bits per heavy atom. The SMILES string of the molecule is COc1ccc(OC)c(NC(=O)c2ccc3c(c2)N(S(C)(=O)=O)CC3)c1. The van der Waals surface area contributed by atoms with Gasteiger partial charge in [0.1, 0.15) is 11.5 Å². The van der Waals surface area contributed by atoms with Crippen LogP contribution in [0.1, 0.15) is 15.9 Å². The van der Waals surface area contributed by atoms with Crippen molar-refractivity contribution in [3.63, 3.8) is 0 Å². The lowest BCUT2D eigenvalue weighted by Gasteiger charge is -2.17. The van der Waals surface area contributed by atoms with Gasteiger partial charge in [0.25, 0.3) is 5.91 Å². The second-order valence-corrected chi connectivity index (χ2v) is 7.86. The number of benzene rings is 2. The summed E-state index contributed by atoms with van der Waals surface area (Å²) in [6, 6.07) is 10.2. The Kier molecular flexibility index (Phi) is 4.78. The van der Waals surface area contributed by atoms with Gasteiger partial charge in [-0.25, -0.2) is 8.42 Å². The molecule has 8 heteroatoms. The Hall–Kier alpha value is -2.74. The summed E-state index contributed by atoms with van der Waals surface area (Å²) in [5.74, 6) is 0.719. The number of fused-ring (bicyclic) bond motifs is 1. The van der Waals surface area contributed by atoms with Gasteiger partial charge in [0, 0.05) is 18.2 Å². The second-order valence-electron chi connectivity index (χ2n) is 5.95. The lowest BCUT2D eigenvalue weighted by molar-refractivity contribution is 0.102. The number of ether oxygens (including phenoxy) is 2. The lowest BCUT2D eigenvalue weighted by atomic mass is 10.1. The molecule has 2 aromatic rings. The van der Waals surface area contributed by atoms with E-state index in [4.69, 9.17) is 9.47 Å². The zero-order chi connectivity index (χ0) is 18.9. The molecule has 1 heterocycles. The van der Waals surface area contributed by atoms with E-state index in [-0.39, 0.29) is 5.91 Å². The number of nitrogens with one attached hydrogen (secondary N) is 1. The fraction of sp³-hybridized carbons (Fsp3) is 0.278. The molecule has 0 spiro atoms. The van der Waals surface area contributed by atoms with Crippen LogP contribution in [0.2, 0.25) is 0 Å². The normalized spacial score (nSPS) is 13.3. The van der Waals surface area contributed by atoms with Gasteiger partial charge < -0.3 is 14.8 Å². The van der Waals surface area contributed by atoms with Crippen LogP contribution < -0.4 is 19.1 Å². The summed E-state index contributed by atoms with van der Waals surface area (Å²) in [5.41, 5.74) is 2.30. The molecular weight excluding hydrogens is 356 g/mol. The summed E-state index contributed by atoms with van der Waals surface area (Å²) >= 11 is 0. The van der Waals surface area contributed by atoms with E-state index in [1.807, 2.05) is 0 Å². The molecule has 0 atom stereocenters. The smallest absolute Gasteiger partial charge is 0.255 e. The minimum absolute atomic E-state index is 0.361. The topological polar surface area (TPSA) is 84.9 Å². The summed E-state index contributed by atoms with van der Waals surface area (Å²) in [6.07, 6.45) is 1.80. The van der Waals surface area contributed by atoms with Gasteiger partial charge in [-0.3, -0.25) is 9.10 Å². The van der Waals surface area contributed by atoms with E-state index in [0.717, 1.165) is 11.8 Å². The Balaban J connectivity index is 1.91. The molecular formula is C18H20N2O5S. The van der Waals surface area contributed by atoms with Gasteiger partial charge in [-0.15, -0.1) is 0 Å². The third-order valence-corrected chi connectivity index (χ3v) is 5.44. The van der Waals surface area contributed by atoms with Crippen LogP contribution >= 0.6 is 0 Å². The van der Waals surface area contributed by atoms with Crippen molar-refractivity contribution in [3.8, 4) is 11.5 Å². The first-order chi connectivity index (χ1) is 12.3. The maximum absolute atomic E-state index is 12.7. The fourth-order valence-corrected chi connectivity index (χ4v) is 3.89. The average Bonchev–Trinajstić information content (AvgIpc) is 3.05. The van der Waals surface area contributed by atoms with Crippen molar-refractivity contribution in [2.45, 2.75) is 6.42 Å². The van der Waals surface area contributed by atoms with Gasteiger partial charge in [0.2, 0.25) is 10.0 Å². The predicted molar refractivity (Wildman–Crippen MR) is 99.8 cm³/mol. The molecule has 0 fully saturated rings. The number of carbonyl (C=O) groups is 1. The maximum Gasteiger partial charge on any atom is 0.255 e. The van der Waals surface area contributed by atoms with Crippen molar-refractivity contribution < 1.29 is 22.7 Å². The van der Waals surface area contributed by atoms with Crippen molar-refractivity contribution in [3.05, 3.63) is 47.5 Å². The molecule has 2 aromatic carbocycles. The van der Waals surface area contributed by atoms with E-state index in [2.05, 4.69) is 5.32 Å². The van der Waals surface area contributed by atoms with Gasteiger partial charge in [-0.1, -0.05) is 6.07 Å². The van der Waals surface area contributed by atoms with Crippen LogP contribution in [0.25, 0.3) is 0 Å². The molecule has 26 heavy (non-hydrogen) atoms. The maximum atomic E-state index is 12.7. The van der Waals surface area contributed by atoms with Crippen LogP contribution in [0.4, 0.5) is 11.4 Å². The Morgan fingerprint density at radius 3 is 2.54 bits per heavy atom. The van der Waals surface area contributed by atoms with Gasteiger partial charge in [0.05, 0.1) is 31.9 Å². The van der Waals surface area contributed by atoms with Gasteiger partial charge >= 0.3 is 0 Å². The summed E-state index contributed by atoms with van der Waals surface area (Å²) in [5, 5.41) is 2.79. The monoisotopic (exact) mass is 376 g/mol. The largest absolute Gasteiger partial charge is 0.497 e. The molecule has 1 N–H and O–H groups in total. The molecule has 138 valence electrons. The molecule has 7 nitrogen and oxygen atoms in total. The van der Waals surface area contributed by atoms with Gasteiger partial charge in [0.15, 0.2) is 0 Å². The zero-order valence-corrected chi connectivity index (χ0v) is 15.6. The summed E-state index contributed by atoms with van der Waals surface area (Å²) in [6.45, 7) is 0.392. The highest BCUT2D eigenvalue weighted by Crippen LogP contribution is 2.32. The van der Waals surface area contributed by atoms with E-state index in [1.54, 1.807) is 36.4 Å². The number of carbonyl (C=O) groups excluding carboxylic acids is 1. The van der Waals surface area contributed by atoms with Crippen molar-refractivity contribution in [1.82, 2.24) is 0 Å². The molecule has 0 unspecified atom stereocenters. The number of rotatable bonds is 5. The minimum Gasteiger partial charge on any atom is -0.497 e. The number of amides is 1. The first kappa shape index (κ1) is 18.1. The van der Waals surface area contributed by atoms with Crippen molar-refractivity contribution in [1.29, 1.82) is 0 Å². The van der Waals surface area contributed by atoms with E-state index in [9.17, 15) is 13.2 Å². The summed E-state index contributed by atoms with van der Waals surface area (Å²) < 4.78 is 35.6. The molecule has 1 aliphatic rings. The number of nitrogens with zero attached hydrogens (tertiary/aromatic N) is 1. The Labute approximate surface area is 152 Å². The van der Waals surface area contributed by atoms with E-state index in [0.29, 0.717) is 41.4 Å². The first-order valence-corrected chi connectivity index (χ1v) is 9.82. The second kappa shape index (κ2) is 6.87. The highest BCUT2D eigenvalue weighted by atomic mass is 32.2. The molecule has 1 aliphatic heterocycles. The van der Waals surface area contributed by atoms with Crippen molar-refractivity contribution in [2.75, 3.05) is 36.6 Å². The molecule has 0 radical (unpaired) electrons. The average molecular weight is 376 g/mol. The summed E-state index contributed by atoms with van der Waals surface area (Å²) in [7, 11) is -0.326. The van der Waals surface area contributed by atoms with Crippen LogP contribution in [0, 0.1) is 0 Å². The molecule has 0 bridgehead atoms. The van der Waals surface area contributed by atoms with Crippen molar-refractivity contribution in [2.24, 2.45) is 0 Å². The number of hydrogen-bond donors (Lipinski definition) is 1. The minimum atomic E-state index is -3.37. The number of sulfonamides is 1. The van der Waals surface area contributed by atoms with Crippen LogP contribution in [-0.4, -0.2) is 41.3 Å². The van der Waals surface area contributed by atoms with Crippen LogP contribution in [0.5, 0.6) is 11.5 Å². The quantitative estimate of drug-likeness (QED) is 0.865. The zero-order valence-electron chi connectivity index (χ0n) is 14.8. The first-order valence-electron chi connectivity index (χ1n) is 7.97. The lowest BCUT2D eigenvalue weighted by Crippen LogP contribution is -2.27. The molecule has 0 aromatic heterocycles. The highest BCUT2D eigenvalue weighted by molar-refractivity contribution is 7.92. The van der Waals surface area contributed by atoms with E-state index >= 15 is 0 Å². The molecule has 0 saturated carbocycles. The molecule has 3 rings (SSSR count). The van der Waals surface area contributed by atoms with Crippen LogP contribution in [-0.2, 0) is 16.4 Å². The van der Waals surface area contributed by atoms with E-state index < -0.39 is 10.0 Å². The standard InChI is InChI=1S/C18H20N2O5S/c1-24-14-6-7-17(25-2)15(11-14)19-18(21)13-5-4-12-8-9-20(16(12)10-13)26(3,22)23/h4-7,10-11H,8-9H2,1-3H3,(H,19,21). The molecule has 0 aliphatic carbocycles. The summed E-state index contributed by atoms with van der Waals surface area (Å²) in [4.78, 5) is 12.7. The Morgan fingerprint density at radius 2 is 1.88 bits per heavy atom. The highest BCUT2D eigenvalue weighted by Gasteiger charge is 2.27. The van der Waals surface area contributed by atoms with E-state index in [1.165, 1.54) is 18.5 Å². The molecule has 0 saturated heterocycles. The number of anilines is 2. The third kappa shape index (κ3) is 3.45. The third-order valence-electron chi connectivity index (χ3n) is 4.26. The predicted octanol–water partition coefficient (Wildman–Crippen LogP) is 2.28.